The minimum Gasteiger partial charge on any atom is -0.340 e. The number of benzene rings is 2. The van der Waals surface area contributed by atoms with Gasteiger partial charge in [-0.05, 0) is 50.7 Å². The van der Waals surface area contributed by atoms with Crippen LogP contribution in [0.4, 0.5) is 5.69 Å². The van der Waals surface area contributed by atoms with Crippen LogP contribution >= 0.6 is 0 Å². The number of amides is 1. The van der Waals surface area contributed by atoms with E-state index in [4.69, 9.17) is 0 Å². The topological polar surface area (TPSA) is 78.5 Å². The molecule has 1 amide bonds. The highest BCUT2D eigenvalue weighted by Gasteiger charge is 2.20. The van der Waals surface area contributed by atoms with Crippen LogP contribution in [0.25, 0.3) is 0 Å². The van der Waals surface area contributed by atoms with Gasteiger partial charge < -0.3 is 10.2 Å². The zero-order valence-electron chi connectivity index (χ0n) is 15.5. The molecule has 140 valence electrons. The quantitative estimate of drug-likeness (QED) is 0.779. The Morgan fingerprint density at radius 3 is 2.35 bits per heavy atom. The minimum atomic E-state index is -3.79. The van der Waals surface area contributed by atoms with Gasteiger partial charge in [0.25, 0.3) is 15.9 Å². The van der Waals surface area contributed by atoms with Crippen molar-refractivity contribution in [3.05, 3.63) is 59.2 Å². The summed E-state index contributed by atoms with van der Waals surface area (Å²) in [6, 6.07) is 11.8. The first-order chi connectivity index (χ1) is 12.2. The first kappa shape index (κ1) is 19.9. The van der Waals surface area contributed by atoms with E-state index >= 15 is 0 Å². The van der Waals surface area contributed by atoms with Crippen molar-refractivity contribution in [2.24, 2.45) is 0 Å². The average molecular weight is 375 g/mol. The molecule has 0 unspecified atom stereocenters. The molecule has 0 aromatic heterocycles. The molecule has 2 aromatic carbocycles. The SMILES string of the molecule is CNCCN(C)C(=O)c1ccc(C)c(S(=O)(=O)Nc2ccc(C)cc2)c1. The number of hydrogen-bond acceptors (Lipinski definition) is 4. The summed E-state index contributed by atoms with van der Waals surface area (Å²) in [5, 5.41) is 2.98. The molecule has 0 aliphatic carbocycles. The van der Waals surface area contributed by atoms with Crippen molar-refractivity contribution < 1.29 is 13.2 Å². The van der Waals surface area contributed by atoms with Gasteiger partial charge in [0, 0.05) is 31.4 Å². The molecule has 0 atom stereocenters. The maximum absolute atomic E-state index is 12.8. The summed E-state index contributed by atoms with van der Waals surface area (Å²) >= 11 is 0. The Bertz CT molecular complexity index is 877. The van der Waals surface area contributed by atoms with Crippen LogP contribution in [-0.2, 0) is 10.0 Å². The van der Waals surface area contributed by atoms with Crippen molar-refractivity contribution in [1.82, 2.24) is 10.2 Å². The fourth-order valence-corrected chi connectivity index (χ4v) is 3.79. The summed E-state index contributed by atoms with van der Waals surface area (Å²) in [7, 11) is -0.285. The molecule has 2 aromatic rings. The van der Waals surface area contributed by atoms with Gasteiger partial charge in [0.2, 0.25) is 0 Å². The number of anilines is 1. The molecule has 7 heteroatoms. The molecule has 0 saturated heterocycles. The Morgan fingerprint density at radius 2 is 1.73 bits per heavy atom. The Balaban J connectivity index is 2.30. The number of nitrogens with one attached hydrogen (secondary N) is 2. The van der Waals surface area contributed by atoms with Crippen molar-refractivity contribution in [2.75, 3.05) is 31.9 Å². The second kappa shape index (κ2) is 8.33. The van der Waals surface area contributed by atoms with Crippen LogP contribution in [-0.4, -0.2) is 46.4 Å². The third-order valence-corrected chi connectivity index (χ3v) is 5.60. The highest BCUT2D eigenvalue weighted by molar-refractivity contribution is 7.92. The lowest BCUT2D eigenvalue weighted by molar-refractivity contribution is 0.0796. The number of rotatable bonds is 7. The van der Waals surface area contributed by atoms with E-state index in [1.165, 1.54) is 6.07 Å². The number of sulfonamides is 1. The van der Waals surface area contributed by atoms with Gasteiger partial charge in [-0.3, -0.25) is 9.52 Å². The number of aryl methyl sites for hydroxylation is 2. The maximum Gasteiger partial charge on any atom is 0.262 e. The van der Waals surface area contributed by atoms with Gasteiger partial charge in [-0.2, -0.15) is 0 Å². The number of nitrogens with zero attached hydrogens (tertiary/aromatic N) is 1. The van der Waals surface area contributed by atoms with Gasteiger partial charge in [-0.15, -0.1) is 0 Å². The van der Waals surface area contributed by atoms with Gasteiger partial charge in [-0.1, -0.05) is 23.8 Å². The Morgan fingerprint density at radius 1 is 1.08 bits per heavy atom. The Hall–Kier alpha value is -2.38. The van der Waals surface area contributed by atoms with Crippen molar-refractivity contribution >= 4 is 21.6 Å². The van der Waals surface area contributed by atoms with E-state index in [9.17, 15) is 13.2 Å². The summed E-state index contributed by atoms with van der Waals surface area (Å²) in [4.78, 5) is 14.2. The largest absolute Gasteiger partial charge is 0.340 e. The molecule has 0 fully saturated rings. The van der Waals surface area contributed by atoms with Gasteiger partial charge in [0.1, 0.15) is 0 Å². The molecule has 2 rings (SSSR count). The zero-order chi connectivity index (χ0) is 19.3. The Kier molecular flexibility index (Phi) is 6.39. The van der Waals surface area contributed by atoms with E-state index in [-0.39, 0.29) is 10.8 Å². The molecule has 2 N–H and O–H groups in total. The van der Waals surface area contributed by atoms with Crippen LogP contribution < -0.4 is 10.0 Å². The normalized spacial score (nSPS) is 11.2. The third-order valence-electron chi connectivity index (χ3n) is 4.07. The van der Waals surface area contributed by atoms with E-state index in [0.717, 1.165) is 5.56 Å². The number of hydrogen-bond donors (Lipinski definition) is 2. The second-order valence-electron chi connectivity index (χ2n) is 6.28. The predicted molar refractivity (Wildman–Crippen MR) is 104 cm³/mol. The first-order valence-electron chi connectivity index (χ1n) is 8.35. The molecule has 0 spiro atoms. The summed E-state index contributed by atoms with van der Waals surface area (Å²) in [5.41, 5.74) is 2.46. The fraction of sp³-hybridized carbons (Fsp3) is 0.316. The molecule has 6 nitrogen and oxygen atoms in total. The standard InChI is InChI=1S/C19H25N3O3S/c1-14-5-9-17(10-6-14)21-26(24,25)18-13-16(8-7-15(18)2)19(23)22(4)12-11-20-3/h5-10,13,20-21H,11-12H2,1-4H3. The van der Waals surface area contributed by atoms with Gasteiger partial charge in [0.15, 0.2) is 0 Å². The number of carbonyl (C=O) groups is 1. The van der Waals surface area contributed by atoms with E-state index in [1.807, 2.05) is 26.1 Å². The van der Waals surface area contributed by atoms with Gasteiger partial charge in [0.05, 0.1) is 4.90 Å². The number of likely N-dealkylation sites (N-methyl/N-ethyl adjacent to an activating group) is 2. The molecule has 0 aliphatic heterocycles. The van der Waals surface area contributed by atoms with Crippen LogP contribution in [0.1, 0.15) is 21.5 Å². The lowest BCUT2D eigenvalue weighted by Gasteiger charge is -2.18. The monoisotopic (exact) mass is 375 g/mol. The van der Waals surface area contributed by atoms with E-state index in [0.29, 0.717) is 29.9 Å². The van der Waals surface area contributed by atoms with E-state index in [1.54, 1.807) is 43.1 Å². The highest BCUT2D eigenvalue weighted by Crippen LogP contribution is 2.21. The van der Waals surface area contributed by atoms with Crippen LogP contribution in [0.15, 0.2) is 47.4 Å². The maximum atomic E-state index is 12.8. The van der Waals surface area contributed by atoms with E-state index in [2.05, 4.69) is 10.0 Å². The lowest BCUT2D eigenvalue weighted by Crippen LogP contribution is -2.33. The second-order valence-corrected chi connectivity index (χ2v) is 7.93. The Labute approximate surface area is 155 Å². The molecule has 0 heterocycles. The molecule has 0 bridgehead atoms. The summed E-state index contributed by atoms with van der Waals surface area (Å²) in [5.74, 6) is -0.216. The number of carbonyl (C=O) groups excluding carboxylic acids is 1. The average Bonchev–Trinajstić information content (AvgIpc) is 2.61. The van der Waals surface area contributed by atoms with Gasteiger partial charge >= 0.3 is 0 Å². The van der Waals surface area contributed by atoms with E-state index < -0.39 is 10.0 Å². The summed E-state index contributed by atoms with van der Waals surface area (Å²) in [6.07, 6.45) is 0. The zero-order valence-corrected chi connectivity index (χ0v) is 16.4. The van der Waals surface area contributed by atoms with Crippen LogP contribution in [0, 0.1) is 13.8 Å². The summed E-state index contributed by atoms with van der Waals surface area (Å²) < 4.78 is 28.1. The smallest absolute Gasteiger partial charge is 0.262 e. The molecular formula is C19H25N3O3S. The fourth-order valence-electron chi connectivity index (χ4n) is 2.46. The molecule has 0 radical (unpaired) electrons. The lowest BCUT2D eigenvalue weighted by atomic mass is 10.1. The van der Waals surface area contributed by atoms with Crippen molar-refractivity contribution in [3.63, 3.8) is 0 Å². The summed E-state index contributed by atoms with van der Waals surface area (Å²) in [6.45, 7) is 4.84. The van der Waals surface area contributed by atoms with Gasteiger partial charge in [-0.25, -0.2) is 8.42 Å². The van der Waals surface area contributed by atoms with Crippen LogP contribution in [0.5, 0.6) is 0 Å². The molecule has 0 saturated carbocycles. The molecular weight excluding hydrogens is 350 g/mol. The predicted octanol–water partition coefficient (Wildman–Crippen LogP) is 2.40. The first-order valence-corrected chi connectivity index (χ1v) is 9.83. The molecule has 26 heavy (non-hydrogen) atoms. The van der Waals surface area contributed by atoms with Crippen LogP contribution in [0.2, 0.25) is 0 Å². The van der Waals surface area contributed by atoms with Crippen LogP contribution in [0.3, 0.4) is 0 Å². The highest BCUT2D eigenvalue weighted by atomic mass is 32.2. The third kappa shape index (κ3) is 4.83. The van der Waals surface area contributed by atoms with Crippen molar-refractivity contribution in [1.29, 1.82) is 0 Å². The minimum absolute atomic E-state index is 0.103. The van der Waals surface area contributed by atoms with Crippen molar-refractivity contribution in [2.45, 2.75) is 18.7 Å². The molecule has 0 aliphatic rings. The van der Waals surface area contributed by atoms with Crippen molar-refractivity contribution in [3.8, 4) is 0 Å².